The highest BCUT2D eigenvalue weighted by atomic mass is 35.5. The summed E-state index contributed by atoms with van der Waals surface area (Å²) in [6.07, 6.45) is 0. The minimum atomic E-state index is -0.996. The van der Waals surface area contributed by atoms with Crippen LogP contribution in [-0.2, 0) is 9.59 Å². The first-order valence-corrected chi connectivity index (χ1v) is 12.0. The van der Waals surface area contributed by atoms with E-state index in [0.717, 1.165) is 4.70 Å². The Morgan fingerprint density at radius 2 is 1.89 bits per heavy atom. The molecule has 0 aliphatic carbocycles. The first-order valence-electron chi connectivity index (χ1n) is 10.8. The average molecular weight is 507 g/mol. The predicted octanol–water partition coefficient (Wildman–Crippen LogP) is 5.68. The number of halogens is 1. The van der Waals surface area contributed by atoms with Crippen molar-refractivity contribution in [3.05, 3.63) is 88.5 Å². The molecule has 1 fully saturated rings. The Labute approximate surface area is 209 Å². The zero-order valence-corrected chi connectivity index (χ0v) is 20.0. The molecule has 2 heterocycles. The second kappa shape index (κ2) is 9.05. The van der Waals surface area contributed by atoms with Crippen LogP contribution in [0.4, 0.5) is 5.13 Å². The van der Waals surface area contributed by atoms with Gasteiger partial charge in [0.15, 0.2) is 5.13 Å². The van der Waals surface area contributed by atoms with Crippen LogP contribution in [0.25, 0.3) is 16.0 Å². The summed E-state index contributed by atoms with van der Waals surface area (Å²) < 4.78 is 6.34. The fraction of sp³-hybridized carbons (Fsp3) is 0.115. The number of aliphatic hydroxyl groups is 1. The van der Waals surface area contributed by atoms with Gasteiger partial charge in [0.2, 0.25) is 0 Å². The van der Waals surface area contributed by atoms with Crippen LogP contribution in [0.1, 0.15) is 24.1 Å². The van der Waals surface area contributed by atoms with Gasteiger partial charge in [-0.15, -0.1) is 0 Å². The third-order valence-corrected chi connectivity index (χ3v) is 6.88. The standard InChI is InChI=1S/C26H19ClN2O5S/c1-2-34-18-10-11-19-20(13-18)35-26(28-19)29-22(15-4-3-5-17(30)12-15)21(24(32)25(29)33)23(31)14-6-8-16(27)9-7-14/h3-13,22,30-31H,2H2,1H3/b23-21+. The molecule has 2 N–H and O–H groups in total. The topological polar surface area (TPSA) is 100.0 Å². The molecule has 4 aromatic rings. The monoisotopic (exact) mass is 506 g/mol. The number of ether oxygens (including phenoxy) is 1. The fourth-order valence-electron chi connectivity index (χ4n) is 4.06. The summed E-state index contributed by atoms with van der Waals surface area (Å²) in [5, 5.41) is 22.0. The first kappa shape index (κ1) is 22.9. The van der Waals surface area contributed by atoms with Crippen LogP contribution in [0.2, 0.25) is 5.02 Å². The van der Waals surface area contributed by atoms with Crippen molar-refractivity contribution in [3.8, 4) is 11.5 Å². The number of aromatic nitrogens is 1. The van der Waals surface area contributed by atoms with Crippen LogP contribution in [-0.4, -0.2) is 33.5 Å². The van der Waals surface area contributed by atoms with Gasteiger partial charge in [-0.3, -0.25) is 14.5 Å². The van der Waals surface area contributed by atoms with Gasteiger partial charge in [-0.2, -0.15) is 0 Å². The van der Waals surface area contributed by atoms with E-state index in [1.807, 2.05) is 13.0 Å². The zero-order valence-electron chi connectivity index (χ0n) is 18.4. The van der Waals surface area contributed by atoms with Crippen molar-refractivity contribution in [1.29, 1.82) is 0 Å². The van der Waals surface area contributed by atoms with Crippen LogP contribution in [0, 0.1) is 0 Å². The second-order valence-corrected chi connectivity index (χ2v) is 9.28. The number of carbonyl (C=O) groups excluding carboxylic acids is 2. The van der Waals surface area contributed by atoms with Gasteiger partial charge in [-0.1, -0.05) is 35.1 Å². The van der Waals surface area contributed by atoms with Crippen LogP contribution < -0.4 is 9.64 Å². The summed E-state index contributed by atoms with van der Waals surface area (Å²) in [7, 11) is 0. The minimum Gasteiger partial charge on any atom is -0.508 e. The highest BCUT2D eigenvalue weighted by Crippen LogP contribution is 2.45. The largest absolute Gasteiger partial charge is 0.508 e. The molecule has 1 amide bonds. The Hall–Kier alpha value is -3.88. The fourth-order valence-corrected chi connectivity index (χ4v) is 5.20. The molecule has 1 atom stereocenters. The molecule has 5 rings (SSSR count). The number of Topliss-reactive ketones (excluding diaryl/α,β-unsaturated/α-hetero) is 1. The second-order valence-electron chi connectivity index (χ2n) is 7.83. The van der Waals surface area contributed by atoms with Crippen LogP contribution >= 0.6 is 22.9 Å². The van der Waals surface area contributed by atoms with Crippen molar-refractivity contribution in [3.63, 3.8) is 0 Å². The third kappa shape index (κ3) is 4.11. The van der Waals surface area contributed by atoms with Crippen molar-refractivity contribution in [2.45, 2.75) is 13.0 Å². The SMILES string of the molecule is CCOc1ccc2nc(N3C(=O)C(=O)/C(=C(/O)c4ccc(Cl)cc4)C3c3cccc(O)c3)sc2c1. The number of aliphatic hydroxyl groups excluding tert-OH is 1. The lowest BCUT2D eigenvalue weighted by atomic mass is 9.95. The molecule has 7 nitrogen and oxygen atoms in total. The van der Waals surface area contributed by atoms with Crippen molar-refractivity contribution in [1.82, 2.24) is 4.98 Å². The molecular formula is C26H19ClN2O5S. The van der Waals surface area contributed by atoms with Crippen LogP contribution in [0.15, 0.2) is 72.3 Å². The molecule has 0 spiro atoms. The van der Waals surface area contributed by atoms with Gasteiger partial charge in [0.05, 0.1) is 28.4 Å². The molecular weight excluding hydrogens is 488 g/mol. The predicted molar refractivity (Wildman–Crippen MR) is 135 cm³/mol. The summed E-state index contributed by atoms with van der Waals surface area (Å²) in [6.45, 7) is 2.39. The molecule has 3 aromatic carbocycles. The molecule has 35 heavy (non-hydrogen) atoms. The first-order chi connectivity index (χ1) is 16.9. The maximum atomic E-state index is 13.3. The zero-order chi connectivity index (χ0) is 24.7. The maximum absolute atomic E-state index is 13.3. The van der Waals surface area contributed by atoms with Crippen molar-refractivity contribution < 1.29 is 24.5 Å². The van der Waals surface area contributed by atoms with Crippen LogP contribution in [0.5, 0.6) is 11.5 Å². The minimum absolute atomic E-state index is 0.0368. The third-order valence-electron chi connectivity index (χ3n) is 5.61. The highest BCUT2D eigenvalue weighted by Gasteiger charge is 2.48. The maximum Gasteiger partial charge on any atom is 0.301 e. The number of benzene rings is 3. The molecule has 0 saturated carbocycles. The van der Waals surface area contributed by atoms with E-state index in [1.165, 1.54) is 28.4 Å². The molecule has 1 aliphatic heterocycles. The van der Waals surface area contributed by atoms with E-state index >= 15 is 0 Å². The summed E-state index contributed by atoms with van der Waals surface area (Å²) in [5.41, 5.74) is 1.33. The van der Waals surface area contributed by atoms with Crippen LogP contribution in [0.3, 0.4) is 0 Å². The smallest absolute Gasteiger partial charge is 0.301 e. The number of carbonyl (C=O) groups is 2. The lowest BCUT2D eigenvalue weighted by Crippen LogP contribution is -2.29. The number of nitrogens with zero attached hydrogens (tertiary/aromatic N) is 2. The molecule has 9 heteroatoms. The summed E-state index contributed by atoms with van der Waals surface area (Å²) >= 11 is 7.20. The quantitative estimate of drug-likeness (QED) is 0.205. The lowest BCUT2D eigenvalue weighted by Gasteiger charge is -2.23. The summed E-state index contributed by atoms with van der Waals surface area (Å²) in [6, 6.07) is 16.9. The molecule has 1 saturated heterocycles. The van der Waals surface area contributed by atoms with Gasteiger partial charge in [0.1, 0.15) is 17.3 Å². The Morgan fingerprint density at radius 3 is 2.60 bits per heavy atom. The van der Waals surface area contributed by atoms with E-state index in [2.05, 4.69) is 4.98 Å². The number of phenols is 1. The molecule has 1 unspecified atom stereocenters. The van der Waals surface area contributed by atoms with E-state index in [9.17, 15) is 19.8 Å². The molecule has 1 aromatic heterocycles. The molecule has 176 valence electrons. The van der Waals surface area contributed by atoms with Crippen molar-refractivity contribution >= 4 is 55.7 Å². The van der Waals surface area contributed by atoms with Crippen molar-refractivity contribution in [2.24, 2.45) is 0 Å². The van der Waals surface area contributed by atoms with Gasteiger partial charge in [0.25, 0.3) is 5.78 Å². The highest BCUT2D eigenvalue weighted by molar-refractivity contribution is 7.22. The number of amides is 1. The van der Waals surface area contributed by atoms with E-state index in [-0.39, 0.29) is 17.1 Å². The molecule has 0 radical (unpaired) electrons. The van der Waals surface area contributed by atoms with Gasteiger partial charge in [-0.05, 0) is 67.1 Å². The number of fused-ring (bicyclic) bond motifs is 1. The van der Waals surface area contributed by atoms with E-state index < -0.39 is 17.7 Å². The van der Waals surface area contributed by atoms with Gasteiger partial charge >= 0.3 is 5.91 Å². The number of thiazole rings is 1. The van der Waals surface area contributed by atoms with Gasteiger partial charge in [0, 0.05) is 10.6 Å². The molecule has 0 bridgehead atoms. The van der Waals surface area contributed by atoms with Gasteiger partial charge < -0.3 is 14.9 Å². The van der Waals surface area contributed by atoms with E-state index in [0.29, 0.717) is 39.2 Å². The normalized spacial score (nSPS) is 17.3. The number of phenolic OH excluding ortho intramolecular Hbond substituents is 1. The Morgan fingerprint density at radius 1 is 1.11 bits per heavy atom. The Bertz CT molecular complexity index is 1500. The Kier molecular flexibility index (Phi) is 5.92. The van der Waals surface area contributed by atoms with Crippen molar-refractivity contribution in [2.75, 3.05) is 11.5 Å². The number of anilines is 1. The number of aromatic hydroxyl groups is 1. The van der Waals surface area contributed by atoms with Gasteiger partial charge in [-0.25, -0.2) is 4.98 Å². The number of ketones is 1. The number of hydrogen-bond donors (Lipinski definition) is 2. The lowest BCUT2D eigenvalue weighted by molar-refractivity contribution is -0.132. The Balaban J connectivity index is 1.70. The number of rotatable bonds is 5. The van der Waals surface area contributed by atoms with E-state index in [1.54, 1.807) is 48.5 Å². The molecule has 1 aliphatic rings. The van der Waals surface area contributed by atoms with E-state index in [4.69, 9.17) is 16.3 Å². The summed E-state index contributed by atoms with van der Waals surface area (Å²) in [4.78, 5) is 32.4. The number of hydrogen-bond acceptors (Lipinski definition) is 7. The average Bonchev–Trinajstić information content (AvgIpc) is 3.37. The summed E-state index contributed by atoms with van der Waals surface area (Å²) in [5.74, 6) is -1.37.